The van der Waals surface area contributed by atoms with Crippen LogP contribution in [0.5, 0.6) is 0 Å². The molecule has 1 unspecified atom stereocenters. The molecule has 4 nitrogen and oxygen atoms in total. The fourth-order valence-corrected chi connectivity index (χ4v) is 7.31. The Hall–Kier alpha value is -1.32. The van der Waals surface area contributed by atoms with Gasteiger partial charge in [0.1, 0.15) is 12.2 Å². The minimum atomic E-state index is -0.159. The lowest BCUT2D eigenvalue weighted by atomic mass is 9.48. The topological polar surface area (TPSA) is 52.6 Å². The molecule has 0 heterocycles. The second kappa shape index (κ2) is 6.63. The molecular weight excluding hydrogens is 340 g/mol. The lowest BCUT2D eigenvalue weighted by molar-refractivity contribution is -0.157. The summed E-state index contributed by atoms with van der Waals surface area (Å²) in [5.74, 6) is 1.77. The zero-order chi connectivity index (χ0) is 19.4. The largest absolute Gasteiger partial charge is 0.462 e. The monoisotopic (exact) mass is 374 g/mol. The van der Waals surface area contributed by atoms with Gasteiger partial charge in [0.25, 0.3) is 0 Å². The number of fused-ring (bicyclic) bond motifs is 5. The van der Waals surface area contributed by atoms with Crippen LogP contribution < -0.4 is 0 Å². The first-order chi connectivity index (χ1) is 12.7. The molecule has 0 amide bonds. The third kappa shape index (κ3) is 3.03. The van der Waals surface area contributed by atoms with Crippen molar-refractivity contribution in [1.29, 1.82) is 0 Å². The first kappa shape index (κ1) is 19.0. The standard InChI is InChI=1S/C23H34O4/c1-14(24)26-17-9-11-22(3)16(13-17)5-6-18-19-7-8-21(27-15(2)25)23(19,4)12-10-20(18)22/h5,17-21H,6-13H2,1-4H3/t17-,18-,19-,20?,21-,22-,23-/m0/s1. The van der Waals surface area contributed by atoms with E-state index in [0.29, 0.717) is 17.8 Å². The molecular formula is C23H34O4. The molecule has 150 valence electrons. The lowest BCUT2D eigenvalue weighted by Crippen LogP contribution is -2.51. The van der Waals surface area contributed by atoms with E-state index in [2.05, 4.69) is 19.9 Å². The number of carbonyl (C=O) groups is 2. The van der Waals surface area contributed by atoms with Crippen molar-refractivity contribution in [1.82, 2.24) is 0 Å². The predicted molar refractivity (Wildman–Crippen MR) is 103 cm³/mol. The van der Waals surface area contributed by atoms with E-state index in [1.54, 1.807) is 6.92 Å². The third-order valence-electron chi connectivity index (χ3n) is 8.61. The van der Waals surface area contributed by atoms with Gasteiger partial charge in [-0.25, -0.2) is 0 Å². The quantitative estimate of drug-likeness (QED) is 0.514. The van der Waals surface area contributed by atoms with Crippen LogP contribution in [-0.2, 0) is 19.1 Å². The fourth-order valence-electron chi connectivity index (χ4n) is 7.31. The Bertz CT molecular complexity index is 667. The van der Waals surface area contributed by atoms with Crippen LogP contribution in [-0.4, -0.2) is 24.1 Å². The Morgan fingerprint density at radius 1 is 0.963 bits per heavy atom. The van der Waals surface area contributed by atoms with E-state index in [1.165, 1.54) is 25.3 Å². The SMILES string of the molecule is CC(=O)O[C@H]1CC[C@@]2(C)C(=CC[C@@H]3C2CC[C@]2(C)[C@@H](OC(C)=O)CC[C@@H]32)C1. The minimum absolute atomic E-state index is 0.0621. The molecule has 0 aliphatic heterocycles. The lowest BCUT2D eigenvalue weighted by Gasteiger charge is -2.57. The smallest absolute Gasteiger partial charge is 0.302 e. The summed E-state index contributed by atoms with van der Waals surface area (Å²) < 4.78 is 11.3. The molecule has 7 atom stereocenters. The van der Waals surface area contributed by atoms with Crippen molar-refractivity contribution in [3.63, 3.8) is 0 Å². The molecule has 0 N–H and O–H groups in total. The first-order valence-corrected chi connectivity index (χ1v) is 10.8. The van der Waals surface area contributed by atoms with Crippen LogP contribution in [0, 0.1) is 28.6 Å². The van der Waals surface area contributed by atoms with Gasteiger partial charge < -0.3 is 9.47 Å². The molecule has 4 aliphatic carbocycles. The maximum absolute atomic E-state index is 11.6. The zero-order valence-electron chi connectivity index (χ0n) is 17.3. The number of hydrogen-bond donors (Lipinski definition) is 0. The molecule has 0 aromatic carbocycles. The van der Waals surface area contributed by atoms with Gasteiger partial charge in [-0.15, -0.1) is 0 Å². The highest BCUT2D eigenvalue weighted by molar-refractivity contribution is 5.66. The van der Waals surface area contributed by atoms with Gasteiger partial charge in [-0.1, -0.05) is 25.5 Å². The zero-order valence-corrected chi connectivity index (χ0v) is 17.3. The molecule has 4 rings (SSSR count). The van der Waals surface area contributed by atoms with E-state index < -0.39 is 0 Å². The van der Waals surface area contributed by atoms with Gasteiger partial charge in [0.15, 0.2) is 0 Å². The molecule has 0 spiro atoms. The molecule has 0 aromatic rings. The molecule has 0 bridgehead atoms. The Morgan fingerprint density at radius 3 is 2.41 bits per heavy atom. The van der Waals surface area contributed by atoms with E-state index in [4.69, 9.17) is 9.47 Å². The van der Waals surface area contributed by atoms with Gasteiger partial charge in [0.2, 0.25) is 0 Å². The van der Waals surface area contributed by atoms with E-state index in [9.17, 15) is 9.59 Å². The predicted octanol–water partition coefficient (Wildman–Crippen LogP) is 4.81. The normalized spacial score (nSPS) is 45.8. The number of hydrogen-bond acceptors (Lipinski definition) is 4. The van der Waals surface area contributed by atoms with Gasteiger partial charge in [-0.3, -0.25) is 9.59 Å². The maximum Gasteiger partial charge on any atom is 0.302 e. The Labute approximate surface area is 163 Å². The number of allylic oxidation sites excluding steroid dienone is 1. The maximum atomic E-state index is 11.6. The van der Waals surface area contributed by atoms with Crippen molar-refractivity contribution in [2.24, 2.45) is 28.6 Å². The van der Waals surface area contributed by atoms with E-state index in [0.717, 1.165) is 38.5 Å². The summed E-state index contributed by atoms with van der Waals surface area (Å²) in [5.41, 5.74) is 1.92. The second-order valence-corrected chi connectivity index (χ2v) is 9.95. The van der Waals surface area contributed by atoms with Crippen molar-refractivity contribution >= 4 is 11.9 Å². The molecule has 0 aromatic heterocycles. The van der Waals surface area contributed by atoms with Crippen LogP contribution in [0.1, 0.15) is 79.1 Å². The highest BCUT2D eigenvalue weighted by atomic mass is 16.5. The van der Waals surface area contributed by atoms with E-state index >= 15 is 0 Å². The number of carbonyl (C=O) groups excluding carboxylic acids is 2. The van der Waals surface area contributed by atoms with Crippen molar-refractivity contribution < 1.29 is 19.1 Å². The third-order valence-corrected chi connectivity index (χ3v) is 8.61. The van der Waals surface area contributed by atoms with Gasteiger partial charge in [-0.05, 0) is 68.1 Å². The summed E-state index contributed by atoms with van der Waals surface area (Å²) in [6.45, 7) is 7.88. The Morgan fingerprint density at radius 2 is 1.70 bits per heavy atom. The molecule has 3 fully saturated rings. The molecule has 0 saturated heterocycles. The summed E-state index contributed by atoms with van der Waals surface area (Å²) in [7, 11) is 0. The molecule has 4 aliphatic rings. The van der Waals surface area contributed by atoms with Gasteiger partial charge >= 0.3 is 11.9 Å². The van der Waals surface area contributed by atoms with Crippen molar-refractivity contribution in [2.75, 3.05) is 0 Å². The number of rotatable bonds is 2. The summed E-state index contributed by atoms with van der Waals surface area (Å²) in [6.07, 6.45) is 11.4. The number of esters is 2. The number of ether oxygens (including phenoxy) is 2. The average Bonchev–Trinajstić information content (AvgIpc) is 2.91. The van der Waals surface area contributed by atoms with Crippen LogP contribution in [0.4, 0.5) is 0 Å². The van der Waals surface area contributed by atoms with Gasteiger partial charge in [0.05, 0.1) is 0 Å². The Balaban J connectivity index is 1.55. The minimum Gasteiger partial charge on any atom is -0.462 e. The van der Waals surface area contributed by atoms with Crippen LogP contribution in [0.15, 0.2) is 11.6 Å². The summed E-state index contributed by atoms with van der Waals surface area (Å²) in [5, 5.41) is 0. The van der Waals surface area contributed by atoms with Gasteiger partial charge in [-0.2, -0.15) is 0 Å². The molecule has 4 heteroatoms. The Kier molecular flexibility index (Phi) is 4.67. The van der Waals surface area contributed by atoms with Crippen LogP contribution in [0.25, 0.3) is 0 Å². The van der Waals surface area contributed by atoms with Crippen molar-refractivity contribution in [2.45, 2.75) is 91.3 Å². The van der Waals surface area contributed by atoms with Crippen molar-refractivity contribution in [3.05, 3.63) is 11.6 Å². The average molecular weight is 375 g/mol. The van der Waals surface area contributed by atoms with Crippen molar-refractivity contribution in [3.8, 4) is 0 Å². The highest BCUT2D eigenvalue weighted by Gasteiger charge is 2.59. The highest BCUT2D eigenvalue weighted by Crippen LogP contribution is 2.65. The first-order valence-electron chi connectivity index (χ1n) is 10.8. The molecule has 3 saturated carbocycles. The van der Waals surface area contributed by atoms with Gasteiger partial charge in [0, 0.05) is 25.7 Å². The van der Waals surface area contributed by atoms with E-state index in [-0.39, 0.29) is 35.0 Å². The summed E-state index contributed by atoms with van der Waals surface area (Å²) in [6, 6.07) is 0. The molecule has 0 radical (unpaired) electrons. The van der Waals surface area contributed by atoms with Crippen LogP contribution in [0.2, 0.25) is 0 Å². The van der Waals surface area contributed by atoms with E-state index in [1.807, 2.05) is 0 Å². The van der Waals surface area contributed by atoms with Crippen LogP contribution >= 0.6 is 0 Å². The summed E-state index contributed by atoms with van der Waals surface area (Å²) in [4.78, 5) is 22.9. The fraction of sp³-hybridized carbons (Fsp3) is 0.826. The molecule has 27 heavy (non-hydrogen) atoms. The summed E-state index contributed by atoms with van der Waals surface area (Å²) >= 11 is 0. The second-order valence-electron chi connectivity index (χ2n) is 9.95. The van der Waals surface area contributed by atoms with Crippen LogP contribution in [0.3, 0.4) is 0 Å².